The summed E-state index contributed by atoms with van der Waals surface area (Å²) in [7, 11) is -0.519. The highest BCUT2D eigenvalue weighted by Crippen LogP contribution is 2.32. The summed E-state index contributed by atoms with van der Waals surface area (Å²) < 4.78 is 28.3. The molecule has 0 saturated carbocycles. The van der Waals surface area contributed by atoms with Crippen molar-refractivity contribution in [2.75, 3.05) is 20.6 Å². The minimum Gasteiger partial charge on any atom is -0.340 e. The molecule has 5 rings (SSSR count). The number of para-hydroxylation sites is 2. The van der Waals surface area contributed by atoms with Gasteiger partial charge in [0, 0.05) is 40.0 Å². The minimum absolute atomic E-state index is 0.0429. The van der Waals surface area contributed by atoms with Crippen molar-refractivity contribution in [1.82, 2.24) is 28.7 Å². The molecule has 0 spiro atoms. The number of imidazole rings is 2. The minimum atomic E-state index is -3.54. The molecule has 1 N–H and O–H groups in total. The molecule has 1 atom stereocenters. The van der Waals surface area contributed by atoms with Gasteiger partial charge < -0.3 is 14.5 Å². The molecular weight excluding hydrogens is 464 g/mol. The van der Waals surface area contributed by atoms with E-state index in [2.05, 4.69) is 9.55 Å². The molecule has 0 bridgehead atoms. The summed E-state index contributed by atoms with van der Waals surface area (Å²) in [6.45, 7) is 3.43. The first kappa shape index (κ1) is 23.5. The topological polar surface area (TPSA) is 104 Å². The van der Waals surface area contributed by atoms with E-state index in [1.54, 1.807) is 18.2 Å². The Labute approximate surface area is 204 Å². The quantitative estimate of drug-likeness (QED) is 0.424. The Morgan fingerprint density at radius 1 is 1.14 bits per heavy atom. The number of likely N-dealkylation sites (tertiary alicyclic amines) is 1. The van der Waals surface area contributed by atoms with Gasteiger partial charge in [-0.3, -0.25) is 4.79 Å². The van der Waals surface area contributed by atoms with Crippen molar-refractivity contribution in [3.63, 3.8) is 0 Å². The average Bonchev–Trinajstić information content (AvgIpc) is 3.57. The van der Waals surface area contributed by atoms with Crippen molar-refractivity contribution >= 4 is 38.0 Å². The lowest BCUT2D eigenvalue weighted by atomic mass is 10.2. The summed E-state index contributed by atoms with van der Waals surface area (Å²) in [6, 6.07) is 12.9. The van der Waals surface area contributed by atoms with Gasteiger partial charge in [-0.25, -0.2) is 22.7 Å². The van der Waals surface area contributed by atoms with Gasteiger partial charge in [-0.2, -0.15) is 0 Å². The van der Waals surface area contributed by atoms with Crippen LogP contribution in [0.5, 0.6) is 0 Å². The zero-order chi connectivity index (χ0) is 24.7. The lowest BCUT2D eigenvalue weighted by Gasteiger charge is -2.23. The number of H-pyrrole nitrogens is 1. The molecule has 1 amide bonds. The number of nitrogens with zero attached hydrogens (tertiary/aromatic N) is 5. The van der Waals surface area contributed by atoms with Crippen LogP contribution in [0, 0.1) is 0 Å². The monoisotopic (exact) mass is 494 g/mol. The summed E-state index contributed by atoms with van der Waals surface area (Å²) in [5.41, 5.74) is 3.38. The Balaban J connectivity index is 1.35. The van der Waals surface area contributed by atoms with Gasteiger partial charge in [0.25, 0.3) is 0 Å². The SMILES string of the molecule is CCn1c(CCC(=O)N2CCC[C@@H]2c2nc3ccccc3[nH]2)nc2cc(S(=O)(=O)N(C)C)ccc21. The van der Waals surface area contributed by atoms with Crippen LogP contribution in [0.1, 0.15) is 43.9 Å². The number of carbonyl (C=O) groups is 1. The third-order valence-electron chi connectivity index (χ3n) is 6.75. The summed E-state index contributed by atoms with van der Waals surface area (Å²) in [6.07, 6.45) is 2.66. The predicted molar refractivity (Wildman–Crippen MR) is 134 cm³/mol. The molecule has 2 aromatic heterocycles. The molecule has 10 heteroatoms. The van der Waals surface area contributed by atoms with Crippen LogP contribution in [0.15, 0.2) is 47.4 Å². The van der Waals surface area contributed by atoms with Crippen molar-refractivity contribution in [3.8, 4) is 0 Å². The number of fused-ring (bicyclic) bond motifs is 2. The summed E-state index contributed by atoms with van der Waals surface area (Å²) >= 11 is 0. The van der Waals surface area contributed by atoms with Gasteiger partial charge in [0.15, 0.2) is 0 Å². The van der Waals surface area contributed by atoms with E-state index in [1.165, 1.54) is 18.4 Å². The molecule has 184 valence electrons. The number of sulfonamides is 1. The van der Waals surface area contributed by atoms with Gasteiger partial charge in [-0.15, -0.1) is 0 Å². The molecule has 0 aliphatic carbocycles. The molecule has 1 saturated heterocycles. The van der Waals surface area contributed by atoms with Crippen LogP contribution in [0.3, 0.4) is 0 Å². The van der Waals surface area contributed by atoms with Gasteiger partial charge in [0.1, 0.15) is 11.6 Å². The molecule has 9 nitrogen and oxygen atoms in total. The summed E-state index contributed by atoms with van der Waals surface area (Å²) in [5, 5.41) is 0. The maximum absolute atomic E-state index is 13.3. The molecule has 0 unspecified atom stereocenters. The zero-order valence-electron chi connectivity index (χ0n) is 20.2. The predicted octanol–water partition coefficient (Wildman–Crippen LogP) is 3.48. The van der Waals surface area contributed by atoms with E-state index in [-0.39, 0.29) is 16.8 Å². The Morgan fingerprint density at radius 2 is 1.94 bits per heavy atom. The van der Waals surface area contributed by atoms with E-state index in [4.69, 9.17) is 9.97 Å². The van der Waals surface area contributed by atoms with E-state index in [1.807, 2.05) is 36.1 Å². The van der Waals surface area contributed by atoms with Crippen LogP contribution in [0.2, 0.25) is 0 Å². The number of hydrogen-bond acceptors (Lipinski definition) is 5. The molecular formula is C25H30N6O3S. The number of benzene rings is 2. The highest BCUT2D eigenvalue weighted by Gasteiger charge is 2.32. The maximum Gasteiger partial charge on any atom is 0.242 e. The lowest BCUT2D eigenvalue weighted by Crippen LogP contribution is -2.31. The Hall–Kier alpha value is -3.24. The zero-order valence-corrected chi connectivity index (χ0v) is 21.0. The number of hydrogen-bond donors (Lipinski definition) is 1. The smallest absolute Gasteiger partial charge is 0.242 e. The standard InChI is InChI=1S/C25H30N6O3S/c1-4-30-21-12-11-17(35(33,34)29(2)3)16-20(21)26-23(30)13-14-24(32)31-15-7-10-22(31)25-27-18-8-5-6-9-19(18)28-25/h5-6,8-9,11-12,16,22H,4,7,10,13-15H2,1-3H3,(H,27,28)/t22-/m1/s1. The number of carbonyl (C=O) groups excluding carboxylic acids is 1. The highest BCUT2D eigenvalue weighted by molar-refractivity contribution is 7.89. The first-order chi connectivity index (χ1) is 16.8. The van der Waals surface area contributed by atoms with Gasteiger partial charge in [-0.05, 0) is 50.1 Å². The van der Waals surface area contributed by atoms with Crippen molar-refractivity contribution in [2.45, 2.75) is 50.1 Å². The largest absolute Gasteiger partial charge is 0.340 e. The van der Waals surface area contributed by atoms with Crippen LogP contribution >= 0.6 is 0 Å². The fourth-order valence-electron chi connectivity index (χ4n) is 4.92. The third-order valence-corrected chi connectivity index (χ3v) is 8.56. The van der Waals surface area contributed by atoms with E-state index < -0.39 is 10.0 Å². The third kappa shape index (κ3) is 4.21. The number of aromatic nitrogens is 4. The normalized spacial score (nSPS) is 16.7. The van der Waals surface area contributed by atoms with E-state index in [0.717, 1.165) is 47.6 Å². The molecule has 4 aromatic rings. The summed E-state index contributed by atoms with van der Waals surface area (Å²) in [5.74, 6) is 1.71. The first-order valence-electron chi connectivity index (χ1n) is 12.0. The maximum atomic E-state index is 13.3. The van der Waals surface area contributed by atoms with E-state index in [9.17, 15) is 13.2 Å². The molecule has 2 aromatic carbocycles. The van der Waals surface area contributed by atoms with Crippen LogP contribution in [-0.4, -0.2) is 63.7 Å². The first-order valence-corrected chi connectivity index (χ1v) is 13.4. The highest BCUT2D eigenvalue weighted by atomic mass is 32.2. The van der Waals surface area contributed by atoms with Crippen molar-refractivity contribution < 1.29 is 13.2 Å². The van der Waals surface area contributed by atoms with Crippen LogP contribution in [0.4, 0.5) is 0 Å². The second-order valence-electron chi connectivity index (χ2n) is 9.09. The van der Waals surface area contributed by atoms with Gasteiger partial charge in [-0.1, -0.05) is 12.1 Å². The van der Waals surface area contributed by atoms with Crippen LogP contribution < -0.4 is 0 Å². The molecule has 1 aliphatic rings. The molecule has 3 heterocycles. The van der Waals surface area contributed by atoms with E-state index >= 15 is 0 Å². The summed E-state index contributed by atoms with van der Waals surface area (Å²) in [4.78, 5) is 28.2. The van der Waals surface area contributed by atoms with Crippen molar-refractivity contribution in [3.05, 3.63) is 54.1 Å². The molecule has 35 heavy (non-hydrogen) atoms. The molecule has 0 radical (unpaired) electrons. The van der Waals surface area contributed by atoms with Gasteiger partial charge >= 0.3 is 0 Å². The number of rotatable bonds is 7. The Morgan fingerprint density at radius 3 is 2.69 bits per heavy atom. The number of amides is 1. The van der Waals surface area contributed by atoms with Crippen molar-refractivity contribution in [1.29, 1.82) is 0 Å². The van der Waals surface area contributed by atoms with E-state index in [0.29, 0.717) is 24.9 Å². The second kappa shape index (κ2) is 9.09. The fraction of sp³-hybridized carbons (Fsp3) is 0.400. The Kier molecular flexibility index (Phi) is 6.10. The number of aryl methyl sites for hydroxylation is 2. The van der Waals surface area contributed by atoms with Gasteiger partial charge in [0.05, 0.1) is 33.0 Å². The van der Waals surface area contributed by atoms with Crippen molar-refractivity contribution in [2.24, 2.45) is 0 Å². The van der Waals surface area contributed by atoms with Crippen LogP contribution in [-0.2, 0) is 27.8 Å². The van der Waals surface area contributed by atoms with Crippen LogP contribution in [0.25, 0.3) is 22.1 Å². The van der Waals surface area contributed by atoms with Gasteiger partial charge in [0.2, 0.25) is 15.9 Å². The fourth-order valence-corrected chi connectivity index (χ4v) is 5.84. The lowest BCUT2D eigenvalue weighted by molar-refractivity contribution is -0.132. The number of aromatic amines is 1. The molecule has 1 fully saturated rings. The average molecular weight is 495 g/mol. The molecule has 1 aliphatic heterocycles. The second-order valence-corrected chi connectivity index (χ2v) is 11.2. The Bertz CT molecular complexity index is 1470. The number of nitrogens with one attached hydrogen (secondary N) is 1.